The molecule has 1 N–H and O–H groups in total. The van der Waals surface area contributed by atoms with Gasteiger partial charge < -0.3 is 10.1 Å². The van der Waals surface area contributed by atoms with Crippen LogP contribution in [0.15, 0.2) is 18.2 Å². The van der Waals surface area contributed by atoms with E-state index < -0.39 is 16.8 Å². The summed E-state index contributed by atoms with van der Waals surface area (Å²) in [6.45, 7) is 3.22. The second kappa shape index (κ2) is 6.48. The molecule has 0 saturated carbocycles. The highest BCUT2D eigenvalue weighted by molar-refractivity contribution is 5.96. The van der Waals surface area contributed by atoms with E-state index in [1.54, 1.807) is 13.8 Å². The van der Waals surface area contributed by atoms with Gasteiger partial charge in [0.15, 0.2) is 0 Å². The zero-order chi connectivity index (χ0) is 14.4. The van der Waals surface area contributed by atoms with Gasteiger partial charge in [-0.1, -0.05) is 0 Å². The number of esters is 1. The lowest BCUT2D eigenvalue weighted by atomic mass is 10.1. The van der Waals surface area contributed by atoms with Crippen LogP contribution in [-0.2, 0) is 9.53 Å². The van der Waals surface area contributed by atoms with E-state index in [0.717, 1.165) is 0 Å². The summed E-state index contributed by atoms with van der Waals surface area (Å²) in [6.07, 6.45) is 0. The van der Waals surface area contributed by atoms with Crippen molar-refractivity contribution < 1.29 is 19.2 Å². The molecule has 0 aliphatic carbocycles. The minimum absolute atomic E-state index is 0.0538. The van der Waals surface area contributed by atoms with Crippen LogP contribution in [-0.4, -0.2) is 30.0 Å². The van der Waals surface area contributed by atoms with Crippen LogP contribution in [0.3, 0.4) is 0 Å². The summed E-state index contributed by atoms with van der Waals surface area (Å²) in [5, 5.41) is 13.0. The lowest BCUT2D eigenvalue weighted by Crippen LogP contribution is -2.30. The van der Waals surface area contributed by atoms with E-state index in [-0.39, 0.29) is 24.4 Å². The van der Waals surface area contributed by atoms with Crippen LogP contribution in [0, 0.1) is 17.0 Å². The van der Waals surface area contributed by atoms with Crippen molar-refractivity contribution >= 4 is 17.6 Å². The molecule has 19 heavy (non-hydrogen) atoms. The van der Waals surface area contributed by atoms with Crippen molar-refractivity contribution in [2.24, 2.45) is 0 Å². The molecule has 7 heteroatoms. The van der Waals surface area contributed by atoms with E-state index in [4.69, 9.17) is 0 Å². The largest absolute Gasteiger partial charge is 0.465 e. The van der Waals surface area contributed by atoms with Gasteiger partial charge in [0, 0.05) is 17.2 Å². The molecule has 0 spiro atoms. The van der Waals surface area contributed by atoms with Crippen LogP contribution >= 0.6 is 0 Å². The number of aryl methyl sites for hydroxylation is 1. The van der Waals surface area contributed by atoms with E-state index in [2.05, 4.69) is 10.1 Å². The van der Waals surface area contributed by atoms with Crippen LogP contribution in [0.5, 0.6) is 0 Å². The normalized spacial score (nSPS) is 9.79. The number of amides is 1. The molecule has 0 fully saturated rings. The quantitative estimate of drug-likeness (QED) is 0.490. The Morgan fingerprint density at radius 1 is 1.42 bits per heavy atom. The van der Waals surface area contributed by atoms with Crippen LogP contribution in [0.4, 0.5) is 5.69 Å². The Kier molecular flexibility index (Phi) is 4.99. The predicted molar refractivity (Wildman–Crippen MR) is 66.8 cm³/mol. The third-order valence-corrected chi connectivity index (χ3v) is 2.35. The highest BCUT2D eigenvalue weighted by Gasteiger charge is 2.14. The molecule has 102 valence electrons. The number of ether oxygens (including phenoxy) is 1. The summed E-state index contributed by atoms with van der Waals surface area (Å²) < 4.78 is 4.66. The SMILES string of the molecule is CCOC(=O)CNC(=O)c1ccc([N+](=O)[O-])c(C)c1. The maximum Gasteiger partial charge on any atom is 0.325 e. The van der Waals surface area contributed by atoms with E-state index in [9.17, 15) is 19.7 Å². The Labute approximate surface area is 109 Å². The van der Waals surface area contributed by atoms with E-state index in [1.165, 1.54) is 18.2 Å². The monoisotopic (exact) mass is 266 g/mol. The van der Waals surface area contributed by atoms with Crippen molar-refractivity contribution in [1.82, 2.24) is 5.32 Å². The molecule has 0 aromatic heterocycles. The van der Waals surface area contributed by atoms with Gasteiger partial charge in [-0.15, -0.1) is 0 Å². The number of rotatable bonds is 5. The Morgan fingerprint density at radius 3 is 2.63 bits per heavy atom. The van der Waals surface area contributed by atoms with E-state index in [1.807, 2.05) is 0 Å². The lowest BCUT2D eigenvalue weighted by molar-refractivity contribution is -0.385. The topological polar surface area (TPSA) is 98.5 Å². The standard InChI is InChI=1S/C12H14N2O5/c1-3-19-11(15)7-13-12(16)9-4-5-10(14(17)18)8(2)6-9/h4-6H,3,7H2,1-2H3,(H,13,16). The third-order valence-electron chi connectivity index (χ3n) is 2.35. The minimum atomic E-state index is -0.533. The molecule has 0 atom stereocenters. The summed E-state index contributed by atoms with van der Waals surface area (Å²) in [5.74, 6) is -1.01. The third kappa shape index (κ3) is 4.06. The predicted octanol–water partition coefficient (Wildman–Crippen LogP) is 1.20. The molecule has 0 aliphatic heterocycles. The van der Waals surface area contributed by atoms with Gasteiger partial charge in [-0.25, -0.2) is 0 Å². The molecule has 0 radical (unpaired) electrons. The molecule has 1 rings (SSSR count). The second-order valence-electron chi connectivity index (χ2n) is 3.75. The Hall–Kier alpha value is -2.44. The number of hydrogen-bond acceptors (Lipinski definition) is 5. The van der Waals surface area contributed by atoms with Gasteiger partial charge in [0.2, 0.25) is 0 Å². The second-order valence-corrected chi connectivity index (χ2v) is 3.75. The zero-order valence-corrected chi connectivity index (χ0v) is 10.6. The number of hydrogen-bond donors (Lipinski definition) is 1. The van der Waals surface area contributed by atoms with Gasteiger partial charge >= 0.3 is 5.97 Å². The number of benzene rings is 1. The first-order valence-corrected chi connectivity index (χ1v) is 5.64. The number of nitrogens with one attached hydrogen (secondary N) is 1. The van der Waals surface area contributed by atoms with Crippen molar-refractivity contribution in [2.45, 2.75) is 13.8 Å². The summed E-state index contributed by atoms with van der Waals surface area (Å²) in [5.41, 5.74) is 0.586. The minimum Gasteiger partial charge on any atom is -0.465 e. The van der Waals surface area contributed by atoms with Crippen molar-refractivity contribution in [3.63, 3.8) is 0 Å². The number of nitro groups is 1. The van der Waals surface area contributed by atoms with Crippen molar-refractivity contribution in [3.8, 4) is 0 Å². The molecule has 0 aliphatic rings. The fourth-order valence-electron chi connectivity index (χ4n) is 1.47. The highest BCUT2D eigenvalue weighted by atomic mass is 16.6. The van der Waals surface area contributed by atoms with Crippen LogP contribution in [0.25, 0.3) is 0 Å². The average molecular weight is 266 g/mol. The van der Waals surface area contributed by atoms with E-state index in [0.29, 0.717) is 5.56 Å². The lowest BCUT2D eigenvalue weighted by Gasteiger charge is -2.05. The van der Waals surface area contributed by atoms with Gasteiger partial charge in [0.05, 0.1) is 11.5 Å². The smallest absolute Gasteiger partial charge is 0.325 e. The maximum absolute atomic E-state index is 11.7. The van der Waals surface area contributed by atoms with Gasteiger partial charge in [0.1, 0.15) is 6.54 Å². The maximum atomic E-state index is 11.7. The highest BCUT2D eigenvalue weighted by Crippen LogP contribution is 2.18. The van der Waals surface area contributed by atoms with Gasteiger partial charge in [-0.2, -0.15) is 0 Å². The Balaban J connectivity index is 2.70. The van der Waals surface area contributed by atoms with Crippen molar-refractivity contribution in [3.05, 3.63) is 39.4 Å². The molecule has 1 amide bonds. The molecule has 1 aromatic carbocycles. The van der Waals surface area contributed by atoms with Crippen molar-refractivity contribution in [1.29, 1.82) is 0 Å². The fourth-order valence-corrected chi connectivity index (χ4v) is 1.47. The number of carbonyl (C=O) groups excluding carboxylic acids is 2. The van der Waals surface area contributed by atoms with E-state index >= 15 is 0 Å². The van der Waals surface area contributed by atoms with Crippen molar-refractivity contribution in [2.75, 3.05) is 13.2 Å². The molecule has 0 heterocycles. The number of nitrogens with zero attached hydrogens (tertiary/aromatic N) is 1. The Morgan fingerprint density at radius 2 is 2.11 bits per heavy atom. The molecule has 1 aromatic rings. The fraction of sp³-hybridized carbons (Fsp3) is 0.333. The van der Waals surface area contributed by atoms with Crippen LogP contribution < -0.4 is 5.32 Å². The van der Waals surface area contributed by atoms with Crippen LogP contribution in [0.1, 0.15) is 22.8 Å². The summed E-state index contributed by atoms with van der Waals surface area (Å²) in [4.78, 5) is 32.9. The molecular formula is C12H14N2O5. The summed E-state index contributed by atoms with van der Waals surface area (Å²) in [7, 11) is 0. The first-order chi connectivity index (χ1) is 8.95. The first-order valence-electron chi connectivity index (χ1n) is 5.64. The zero-order valence-electron chi connectivity index (χ0n) is 10.6. The summed E-state index contributed by atoms with van der Waals surface area (Å²) >= 11 is 0. The molecule has 0 bridgehead atoms. The molecule has 0 saturated heterocycles. The molecule has 7 nitrogen and oxygen atoms in total. The van der Waals surface area contributed by atoms with Gasteiger partial charge in [-0.3, -0.25) is 19.7 Å². The molecular weight excluding hydrogens is 252 g/mol. The Bertz CT molecular complexity index is 513. The number of nitro benzene ring substituents is 1. The molecule has 0 unspecified atom stereocenters. The number of carbonyl (C=O) groups is 2. The van der Waals surface area contributed by atoms with Gasteiger partial charge in [-0.05, 0) is 26.0 Å². The average Bonchev–Trinajstić information content (AvgIpc) is 2.35. The van der Waals surface area contributed by atoms with Crippen LogP contribution in [0.2, 0.25) is 0 Å². The first kappa shape index (κ1) is 14.6. The summed E-state index contributed by atoms with van der Waals surface area (Å²) in [6, 6.07) is 4.00. The van der Waals surface area contributed by atoms with Gasteiger partial charge in [0.25, 0.3) is 11.6 Å².